The molecule has 1 fully saturated rings. The van der Waals surface area contributed by atoms with E-state index in [2.05, 4.69) is 0 Å². The minimum absolute atomic E-state index is 0.0212. The molecule has 1 heterocycles. The fourth-order valence-corrected chi connectivity index (χ4v) is 2.97. The number of carbonyl (C=O) groups excluding carboxylic acids is 1. The third-order valence-corrected chi connectivity index (χ3v) is 4.70. The molecule has 1 amide bonds. The summed E-state index contributed by atoms with van der Waals surface area (Å²) in [5.74, 6) is -1.48. The quantitative estimate of drug-likeness (QED) is 0.841. The molecule has 6 nitrogen and oxygen atoms in total. The van der Waals surface area contributed by atoms with Gasteiger partial charge in [0.15, 0.2) is 5.60 Å². The first-order valence-electron chi connectivity index (χ1n) is 8.60. The number of aliphatic carboxylic acids is 1. The monoisotopic (exact) mass is 373 g/mol. The van der Waals surface area contributed by atoms with Gasteiger partial charge in [0.05, 0.1) is 5.56 Å². The van der Waals surface area contributed by atoms with Crippen molar-refractivity contribution in [1.29, 1.82) is 0 Å². The van der Waals surface area contributed by atoms with Crippen LogP contribution in [0.5, 0.6) is 5.75 Å². The molecule has 0 atom stereocenters. The molecule has 7 heteroatoms. The van der Waals surface area contributed by atoms with Crippen LogP contribution in [-0.4, -0.2) is 45.7 Å². The van der Waals surface area contributed by atoms with Crippen LogP contribution < -0.4 is 4.74 Å². The van der Waals surface area contributed by atoms with E-state index >= 15 is 0 Å². The average molecular weight is 373 g/mol. The maximum absolute atomic E-state index is 13.0. The lowest BCUT2D eigenvalue weighted by molar-refractivity contribution is -0.162. The van der Waals surface area contributed by atoms with Crippen molar-refractivity contribution in [2.45, 2.75) is 25.0 Å². The topological polar surface area (TPSA) is 87.1 Å². The summed E-state index contributed by atoms with van der Waals surface area (Å²) in [6.45, 7) is 0.477. The molecule has 27 heavy (non-hydrogen) atoms. The van der Waals surface area contributed by atoms with Gasteiger partial charge in [-0.15, -0.1) is 0 Å². The molecule has 2 aromatic rings. The highest BCUT2D eigenvalue weighted by Gasteiger charge is 2.40. The van der Waals surface area contributed by atoms with Gasteiger partial charge in [-0.2, -0.15) is 0 Å². The fraction of sp³-hybridized carbons (Fsp3) is 0.300. The van der Waals surface area contributed by atoms with E-state index in [4.69, 9.17) is 9.84 Å². The second-order valence-electron chi connectivity index (χ2n) is 6.54. The van der Waals surface area contributed by atoms with Crippen LogP contribution >= 0.6 is 0 Å². The van der Waals surface area contributed by atoms with Gasteiger partial charge in [-0.1, -0.05) is 24.3 Å². The second-order valence-corrected chi connectivity index (χ2v) is 6.54. The summed E-state index contributed by atoms with van der Waals surface area (Å²) in [5.41, 5.74) is -0.654. The van der Waals surface area contributed by atoms with E-state index in [1.54, 1.807) is 36.4 Å². The molecule has 0 aromatic heterocycles. The van der Waals surface area contributed by atoms with Crippen LogP contribution in [0.4, 0.5) is 4.39 Å². The number of likely N-dealkylation sites (tertiary alicyclic amines) is 1. The van der Waals surface area contributed by atoms with Crippen molar-refractivity contribution in [1.82, 2.24) is 4.90 Å². The third kappa shape index (κ3) is 4.25. The number of benzene rings is 2. The molecule has 1 aliphatic heterocycles. The van der Waals surface area contributed by atoms with Gasteiger partial charge >= 0.3 is 5.97 Å². The Morgan fingerprint density at radius 3 is 2.33 bits per heavy atom. The number of carboxylic acids is 1. The highest BCUT2D eigenvalue weighted by molar-refractivity contribution is 5.97. The van der Waals surface area contributed by atoms with Gasteiger partial charge in [-0.25, -0.2) is 9.18 Å². The van der Waals surface area contributed by atoms with Crippen molar-refractivity contribution in [2.24, 2.45) is 0 Å². The van der Waals surface area contributed by atoms with E-state index in [0.717, 1.165) is 5.56 Å². The Balaban J connectivity index is 1.69. The molecule has 0 saturated carbocycles. The number of carbonyl (C=O) groups is 2. The van der Waals surface area contributed by atoms with Crippen molar-refractivity contribution in [3.8, 4) is 5.75 Å². The molecule has 0 aliphatic carbocycles. The predicted octanol–water partition coefficient (Wildman–Crippen LogP) is 2.46. The molecule has 1 saturated heterocycles. The molecule has 0 radical (unpaired) electrons. The molecular formula is C20H20FNO5. The van der Waals surface area contributed by atoms with E-state index < -0.39 is 11.6 Å². The summed E-state index contributed by atoms with van der Waals surface area (Å²) in [6.07, 6.45) is -0.0423. The lowest BCUT2D eigenvalue weighted by Gasteiger charge is -2.35. The number of halogens is 1. The molecule has 2 N–H and O–H groups in total. The zero-order valence-electron chi connectivity index (χ0n) is 14.6. The Bertz CT molecular complexity index is 829. The number of piperidine rings is 1. The van der Waals surface area contributed by atoms with Crippen LogP contribution in [0, 0.1) is 5.82 Å². The van der Waals surface area contributed by atoms with Gasteiger partial charge in [0, 0.05) is 25.9 Å². The van der Waals surface area contributed by atoms with Gasteiger partial charge in [-0.05, 0) is 29.8 Å². The third-order valence-electron chi connectivity index (χ3n) is 4.70. The Hall–Kier alpha value is -2.93. The van der Waals surface area contributed by atoms with Gasteiger partial charge in [0.1, 0.15) is 18.2 Å². The van der Waals surface area contributed by atoms with Gasteiger partial charge < -0.3 is 19.8 Å². The van der Waals surface area contributed by atoms with Crippen LogP contribution in [-0.2, 0) is 11.4 Å². The van der Waals surface area contributed by atoms with E-state index in [1.165, 1.54) is 17.0 Å². The molecule has 0 bridgehead atoms. The number of nitrogens with zero attached hydrogens (tertiary/aromatic N) is 1. The summed E-state index contributed by atoms with van der Waals surface area (Å²) < 4.78 is 18.7. The fourth-order valence-electron chi connectivity index (χ4n) is 2.97. The number of rotatable bonds is 5. The van der Waals surface area contributed by atoms with Crippen LogP contribution in [0.2, 0.25) is 0 Å². The highest BCUT2D eigenvalue weighted by atomic mass is 19.1. The molecule has 2 aromatic carbocycles. The molecule has 1 aliphatic rings. The first-order valence-corrected chi connectivity index (χ1v) is 8.60. The van der Waals surface area contributed by atoms with Crippen LogP contribution in [0.15, 0.2) is 48.5 Å². The lowest BCUT2D eigenvalue weighted by Crippen LogP contribution is -2.50. The molecule has 0 unspecified atom stereocenters. The number of hydrogen-bond acceptors (Lipinski definition) is 4. The van der Waals surface area contributed by atoms with Crippen molar-refractivity contribution in [2.75, 3.05) is 13.1 Å². The first kappa shape index (κ1) is 18.8. The van der Waals surface area contributed by atoms with E-state index in [0.29, 0.717) is 11.3 Å². The van der Waals surface area contributed by atoms with Gasteiger partial charge in [-0.3, -0.25) is 4.79 Å². The number of carboxylic acid groups (broad SMARTS) is 1. The summed E-state index contributed by atoms with van der Waals surface area (Å²) in [7, 11) is 0. The number of hydrogen-bond donors (Lipinski definition) is 2. The molecular weight excluding hydrogens is 353 g/mol. The molecule has 3 rings (SSSR count). The second kappa shape index (κ2) is 7.75. The minimum Gasteiger partial charge on any atom is -0.488 e. The minimum atomic E-state index is -1.78. The summed E-state index contributed by atoms with van der Waals surface area (Å²) in [6, 6.07) is 12.7. The number of ether oxygens (including phenoxy) is 1. The Morgan fingerprint density at radius 1 is 1.07 bits per heavy atom. The molecule has 142 valence electrons. The number of aliphatic hydroxyl groups is 1. The maximum Gasteiger partial charge on any atom is 0.335 e. The van der Waals surface area contributed by atoms with Crippen molar-refractivity contribution in [3.63, 3.8) is 0 Å². The van der Waals surface area contributed by atoms with Gasteiger partial charge in [0.2, 0.25) is 0 Å². The zero-order chi connectivity index (χ0) is 19.4. The summed E-state index contributed by atoms with van der Waals surface area (Å²) in [4.78, 5) is 25.5. The highest BCUT2D eigenvalue weighted by Crippen LogP contribution is 2.26. The van der Waals surface area contributed by atoms with Gasteiger partial charge in [0.25, 0.3) is 5.91 Å². The van der Waals surface area contributed by atoms with E-state index in [1.807, 2.05) is 0 Å². The van der Waals surface area contributed by atoms with Crippen molar-refractivity contribution >= 4 is 11.9 Å². The normalized spacial score (nSPS) is 16.0. The average Bonchev–Trinajstić information content (AvgIpc) is 2.68. The van der Waals surface area contributed by atoms with Crippen LogP contribution in [0.3, 0.4) is 0 Å². The molecule has 0 spiro atoms. The lowest BCUT2D eigenvalue weighted by atomic mass is 9.91. The smallest absolute Gasteiger partial charge is 0.335 e. The van der Waals surface area contributed by atoms with Crippen LogP contribution in [0.1, 0.15) is 28.8 Å². The van der Waals surface area contributed by atoms with Crippen molar-refractivity contribution < 1.29 is 28.9 Å². The first-order chi connectivity index (χ1) is 12.9. The Labute approximate surface area is 155 Å². The predicted molar refractivity (Wildman–Crippen MR) is 94.9 cm³/mol. The van der Waals surface area contributed by atoms with E-state index in [-0.39, 0.29) is 44.3 Å². The summed E-state index contributed by atoms with van der Waals surface area (Å²) >= 11 is 0. The van der Waals surface area contributed by atoms with Crippen LogP contribution in [0.25, 0.3) is 0 Å². The SMILES string of the molecule is O=C(c1ccccc1OCc1ccc(F)cc1)N1CCC(O)(C(=O)O)CC1. The largest absolute Gasteiger partial charge is 0.488 e. The Morgan fingerprint density at radius 2 is 1.70 bits per heavy atom. The summed E-state index contributed by atoms with van der Waals surface area (Å²) in [5, 5.41) is 19.1. The standard InChI is InChI=1S/C20H20FNO5/c21-15-7-5-14(6-8-15)13-27-17-4-2-1-3-16(17)18(23)22-11-9-20(26,10-12-22)19(24)25/h1-8,26H,9-13H2,(H,24,25). The number of para-hydroxylation sites is 1. The van der Waals surface area contributed by atoms with E-state index in [9.17, 15) is 19.1 Å². The zero-order valence-corrected chi connectivity index (χ0v) is 14.6. The van der Waals surface area contributed by atoms with Crippen molar-refractivity contribution in [3.05, 3.63) is 65.5 Å². The maximum atomic E-state index is 13.0. The Kier molecular flexibility index (Phi) is 5.41. The number of amides is 1.